The largest absolute Gasteiger partial charge is 0.326 e. The lowest BCUT2D eigenvalue weighted by Gasteiger charge is -2.17. The van der Waals surface area contributed by atoms with Crippen LogP contribution in [0.25, 0.3) is 0 Å². The molecule has 0 fully saturated rings. The number of hydrogen-bond donors (Lipinski definition) is 1. The van der Waals surface area contributed by atoms with Crippen molar-refractivity contribution in [3.63, 3.8) is 0 Å². The highest BCUT2D eigenvalue weighted by Crippen LogP contribution is 2.23. The van der Waals surface area contributed by atoms with Crippen LogP contribution >= 0.6 is 23.2 Å². The Balaban J connectivity index is 2.70. The van der Waals surface area contributed by atoms with Crippen LogP contribution in [-0.2, 0) is 0 Å². The maximum absolute atomic E-state index is 11.8. The lowest BCUT2D eigenvalue weighted by atomic mass is 9.96. The first kappa shape index (κ1) is 13.5. The number of carbonyl (C=O) groups excluding carboxylic acids is 1. The zero-order chi connectivity index (χ0) is 12.3. The molecule has 4 heteroatoms. The smallest absolute Gasteiger partial charge is 0.162 e. The Morgan fingerprint density at radius 1 is 1.31 bits per heavy atom. The van der Waals surface area contributed by atoms with E-state index in [0.29, 0.717) is 28.5 Å². The van der Waals surface area contributed by atoms with Gasteiger partial charge in [0, 0.05) is 17.5 Å². The van der Waals surface area contributed by atoms with Crippen molar-refractivity contribution in [3.05, 3.63) is 33.8 Å². The van der Waals surface area contributed by atoms with Gasteiger partial charge in [-0.15, -0.1) is 0 Å². The van der Waals surface area contributed by atoms with Crippen LogP contribution in [0.3, 0.4) is 0 Å². The number of ketones is 1. The van der Waals surface area contributed by atoms with Crippen LogP contribution in [0.15, 0.2) is 18.2 Å². The van der Waals surface area contributed by atoms with Crippen LogP contribution < -0.4 is 5.73 Å². The first-order valence-electron chi connectivity index (χ1n) is 5.07. The van der Waals surface area contributed by atoms with E-state index in [1.165, 1.54) is 0 Å². The molecule has 0 aliphatic heterocycles. The molecule has 0 radical (unpaired) electrons. The monoisotopic (exact) mass is 259 g/mol. The van der Waals surface area contributed by atoms with E-state index in [-0.39, 0.29) is 11.3 Å². The average molecular weight is 260 g/mol. The summed E-state index contributed by atoms with van der Waals surface area (Å²) in [5.41, 5.74) is 6.07. The standard InChI is InChI=1S/C12H15Cl2NO/c1-12(2,15)6-5-11(16)8-3-4-9(13)10(14)7-8/h3-4,7H,5-6,15H2,1-2H3. The maximum Gasteiger partial charge on any atom is 0.162 e. The quantitative estimate of drug-likeness (QED) is 0.839. The molecule has 0 saturated carbocycles. The molecule has 0 atom stereocenters. The zero-order valence-electron chi connectivity index (χ0n) is 9.39. The number of hydrogen-bond acceptors (Lipinski definition) is 2. The minimum absolute atomic E-state index is 0.0390. The van der Waals surface area contributed by atoms with Crippen molar-refractivity contribution in [3.8, 4) is 0 Å². The second kappa shape index (κ2) is 5.17. The maximum atomic E-state index is 11.8. The van der Waals surface area contributed by atoms with Gasteiger partial charge in [0.05, 0.1) is 10.0 Å². The van der Waals surface area contributed by atoms with Gasteiger partial charge in [0.25, 0.3) is 0 Å². The Morgan fingerprint density at radius 3 is 2.44 bits per heavy atom. The van der Waals surface area contributed by atoms with Gasteiger partial charge in [-0.25, -0.2) is 0 Å². The van der Waals surface area contributed by atoms with E-state index >= 15 is 0 Å². The molecule has 88 valence electrons. The molecule has 0 saturated heterocycles. The first-order valence-corrected chi connectivity index (χ1v) is 5.82. The topological polar surface area (TPSA) is 43.1 Å². The Kier molecular flexibility index (Phi) is 4.36. The minimum atomic E-state index is -0.327. The molecule has 1 aromatic rings. The third-order valence-electron chi connectivity index (χ3n) is 2.24. The molecule has 0 spiro atoms. The van der Waals surface area contributed by atoms with E-state index in [1.807, 2.05) is 13.8 Å². The van der Waals surface area contributed by atoms with Crippen molar-refractivity contribution in [1.29, 1.82) is 0 Å². The van der Waals surface area contributed by atoms with Gasteiger partial charge in [-0.3, -0.25) is 4.79 Å². The van der Waals surface area contributed by atoms with Crippen LogP contribution in [-0.4, -0.2) is 11.3 Å². The molecule has 0 bridgehead atoms. The Hall–Kier alpha value is -0.570. The molecule has 0 amide bonds. The molecule has 16 heavy (non-hydrogen) atoms. The molecule has 0 aliphatic carbocycles. The van der Waals surface area contributed by atoms with Gasteiger partial charge in [-0.05, 0) is 38.5 Å². The average Bonchev–Trinajstić information content (AvgIpc) is 2.17. The summed E-state index contributed by atoms with van der Waals surface area (Å²) in [5.74, 6) is 0.0390. The molecule has 0 aliphatic rings. The van der Waals surface area contributed by atoms with Crippen LogP contribution in [0, 0.1) is 0 Å². The van der Waals surface area contributed by atoms with Crippen molar-refractivity contribution in [2.45, 2.75) is 32.2 Å². The second-order valence-corrected chi connectivity index (χ2v) is 5.36. The van der Waals surface area contributed by atoms with Gasteiger partial charge in [0.2, 0.25) is 0 Å². The molecule has 0 unspecified atom stereocenters. The van der Waals surface area contributed by atoms with Crippen molar-refractivity contribution >= 4 is 29.0 Å². The summed E-state index contributed by atoms with van der Waals surface area (Å²) in [7, 11) is 0. The Labute approximate surface area is 106 Å². The van der Waals surface area contributed by atoms with E-state index in [4.69, 9.17) is 28.9 Å². The molecular formula is C12H15Cl2NO. The molecule has 0 heterocycles. The fourth-order valence-electron chi connectivity index (χ4n) is 1.25. The lowest BCUT2D eigenvalue weighted by molar-refractivity contribution is 0.0972. The number of benzene rings is 1. The van der Waals surface area contributed by atoms with Gasteiger partial charge in [0.1, 0.15) is 0 Å². The van der Waals surface area contributed by atoms with E-state index in [0.717, 1.165) is 0 Å². The molecule has 1 rings (SSSR count). The molecule has 2 nitrogen and oxygen atoms in total. The summed E-state index contributed by atoms with van der Waals surface area (Å²) in [6.45, 7) is 3.80. The van der Waals surface area contributed by atoms with E-state index < -0.39 is 0 Å². The van der Waals surface area contributed by atoms with Gasteiger partial charge in [-0.2, -0.15) is 0 Å². The fourth-order valence-corrected chi connectivity index (χ4v) is 1.55. The van der Waals surface area contributed by atoms with E-state index in [1.54, 1.807) is 18.2 Å². The number of nitrogens with two attached hydrogens (primary N) is 1. The SMILES string of the molecule is CC(C)(N)CCC(=O)c1ccc(Cl)c(Cl)c1. The van der Waals surface area contributed by atoms with Gasteiger partial charge in [-0.1, -0.05) is 23.2 Å². The van der Waals surface area contributed by atoms with Crippen molar-refractivity contribution < 1.29 is 4.79 Å². The Morgan fingerprint density at radius 2 is 1.94 bits per heavy atom. The summed E-state index contributed by atoms with van der Waals surface area (Å²) in [5, 5.41) is 0.858. The van der Waals surface area contributed by atoms with Gasteiger partial charge >= 0.3 is 0 Å². The van der Waals surface area contributed by atoms with Crippen molar-refractivity contribution in [2.24, 2.45) is 5.73 Å². The fraction of sp³-hybridized carbons (Fsp3) is 0.417. The summed E-state index contributed by atoms with van der Waals surface area (Å²) >= 11 is 11.6. The second-order valence-electron chi connectivity index (χ2n) is 4.54. The van der Waals surface area contributed by atoms with Crippen molar-refractivity contribution in [2.75, 3.05) is 0 Å². The Bertz CT molecular complexity index is 396. The van der Waals surface area contributed by atoms with Crippen LogP contribution in [0.4, 0.5) is 0 Å². The summed E-state index contributed by atoms with van der Waals surface area (Å²) < 4.78 is 0. The molecular weight excluding hydrogens is 245 g/mol. The first-order chi connectivity index (χ1) is 7.29. The third-order valence-corrected chi connectivity index (χ3v) is 2.98. The lowest BCUT2D eigenvalue weighted by Crippen LogP contribution is -2.32. The summed E-state index contributed by atoms with van der Waals surface area (Å²) in [6.07, 6.45) is 1.06. The predicted molar refractivity (Wildman–Crippen MR) is 68.3 cm³/mol. The number of rotatable bonds is 4. The van der Waals surface area contributed by atoms with E-state index in [2.05, 4.69) is 0 Å². The molecule has 2 N–H and O–H groups in total. The van der Waals surface area contributed by atoms with Gasteiger partial charge in [0.15, 0.2) is 5.78 Å². The summed E-state index contributed by atoms with van der Waals surface area (Å²) in [6, 6.07) is 4.90. The number of halogens is 2. The van der Waals surface area contributed by atoms with E-state index in [9.17, 15) is 4.79 Å². The number of Topliss-reactive ketones (excluding diaryl/α,β-unsaturated/α-hetero) is 1. The predicted octanol–water partition coefficient (Wildman–Crippen LogP) is 3.69. The molecule has 0 aromatic heterocycles. The number of carbonyl (C=O) groups is 1. The van der Waals surface area contributed by atoms with Gasteiger partial charge < -0.3 is 5.73 Å². The highest BCUT2D eigenvalue weighted by Gasteiger charge is 2.14. The van der Waals surface area contributed by atoms with Crippen LogP contribution in [0.1, 0.15) is 37.0 Å². The normalized spacial score (nSPS) is 11.6. The summed E-state index contributed by atoms with van der Waals surface area (Å²) in [4.78, 5) is 11.8. The molecule has 1 aromatic carbocycles. The third kappa shape index (κ3) is 4.12. The van der Waals surface area contributed by atoms with Crippen LogP contribution in [0.5, 0.6) is 0 Å². The minimum Gasteiger partial charge on any atom is -0.326 e. The van der Waals surface area contributed by atoms with Crippen molar-refractivity contribution in [1.82, 2.24) is 0 Å². The highest BCUT2D eigenvalue weighted by molar-refractivity contribution is 6.42. The van der Waals surface area contributed by atoms with Crippen LogP contribution in [0.2, 0.25) is 10.0 Å². The zero-order valence-corrected chi connectivity index (χ0v) is 10.9. The highest BCUT2D eigenvalue weighted by atomic mass is 35.5.